The highest BCUT2D eigenvalue weighted by Crippen LogP contribution is 2.35. The standard InChI is InChI=1S/C20H21ClF2N6O2/c1-10(2)20(30)28-26-9-24-8-17-15(22)4-12(7-25-17)14-5-13(21)6-16(23)18(14)19-27-11(3)31-29-19/h4-7,9-10,20,28,30H,8H2,1-3H3,(H,24,26). The van der Waals surface area contributed by atoms with Crippen LogP contribution in [0.4, 0.5) is 8.78 Å². The van der Waals surface area contributed by atoms with E-state index in [1.165, 1.54) is 24.7 Å². The Kier molecular flexibility index (Phi) is 7.26. The molecule has 0 aliphatic rings. The van der Waals surface area contributed by atoms with Gasteiger partial charge in [0.2, 0.25) is 11.7 Å². The average molecular weight is 451 g/mol. The molecule has 2 aromatic heterocycles. The molecular weight excluding hydrogens is 430 g/mol. The first-order valence-corrected chi connectivity index (χ1v) is 9.76. The maximum Gasteiger partial charge on any atom is 0.223 e. The van der Waals surface area contributed by atoms with Crippen molar-refractivity contribution in [2.75, 3.05) is 0 Å². The summed E-state index contributed by atoms with van der Waals surface area (Å²) in [6.07, 6.45) is 1.93. The van der Waals surface area contributed by atoms with Crippen LogP contribution in [0, 0.1) is 24.5 Å². The fraction of sp³-hybridized carbons (Fsp3) is 0.300. The minimum absolute atomic E-state index is 0.00476. The molecule has 0 saturated carbocycles. The number of rotatable bonds is 8. The smallest absolute Gasteiger partial charge is 0.223 e. The Hall–Kier alpha value is -2.95. The highest BCUT2D eigenvalue weighted by Gasteiger charge is 2.20. The maximum absolute atomic E-state index is 14.6. The van der Waals surface area contributed by atoms with Crippen LogP contribution in [0.1, 0.15) is 25.4 Å². The van der Waals surface area contributed by atoms with Gasteiger partial charge in [-0.25, -0.2) is 14.2 Å². The predicted molar refractivity (Wildman–Crippen MR) is 112 cm³/mol. The number of nitrogens with zero attached hydrogens (tertiary/aromatic N) is 4. The molecule has 0 aliphatic carbocycles. The highest BCUT2D eigenvalue weighted by atomic mass is 35.5. The van der Waals surface area contributed by atoms with E-state index >= 15 is 0 Å². The normalized spacial score (nSPS) is 12.6. The van der Waals surface area contributed by atoms with E-state index < -0.39 is 17.9 Å². The zero-order valence-corrected chi connectivity index (χ0v) is 17.8. The SMILES string of the molecule is Cc1nc(-c2c(F)cc(Cl)cc2-c2cnc(CN=CNNC(O)C(C)C)c(F)c2)no1. The molecule has 0 amide bonds. The Bertz CT molecular complexity index is 1090. The largest absolute Gasteiger partial charge is 0.377 e. The number of pyridine rings is 1. The van der Waals surface area contributed by atoms with Gasteiger partial charge in [0.1, 0.15) is 17.9 Å². The van der Waals surface area contributed by atoms with E-state index in [1.807, 2.05) is 13.8 Å². The zero-order chi connectivity index (χ0) is 22.5. The molecule has 8 nitrogen and oxygen atoms in total. The molecule has 11 heteroatoms. The molecule has 164 valence electrons. The van der Waals surface area contributed by atoms with Crippen molar-refractivity contribution in [1.29, 1.82) is 0 Å². The molecule has 2 heterocycles. The first-order valence-electron chi connectivity index (χ1n) is 9.38. The Labute approximate surface area is 182 Å². The number of aliphatic hydroxyl groups excluding tert-OH is 1. The van der Waals surface area contributed by atoms with E-state index in [4.69, 9.17) is 16.1 Å². The molecule has 0 bridgehead atoms. The third kappa shape index (κ3) is 5.60. The van der Waals surface area contributed by atoms with Crippen molar-refractivity contribution < 1.29 is 18.4 Å². The van der Waals surface area contributed by atoms with Crippen molar-refractivity contribution in [2.24, 2.45) is 10.9 Å². The quantitative estimate of drug-likeness (QED) is 0.208. The number of benzene rings is 1. The number of nitrogens with one attached hydrogen (secondary N) is 2. The van der Waals surface area contributed by atoms with Crippen molar-refractivity contribution in [3.8, 4) is 22.5 Å². The zero-order valence-electron chi connectivity index (χ0n) is 17.0. The molecule has 0 fully saturated rings. The van der Waals surface area contributed by atoms with E-state index in [2.05, 4.69) is 31.0 Å². The van der Waals surface area contributed by atoms with Crippen LogP contribution in [-0.2, 0) is 6.54 Å². The maximum atomic E-state index is 14.6. The van der Waals surface area contributed by atoms with Crippen molar-refractivity contribution >= 4 is 17.9 Å². The van der Waals surface area contributed by atoms with Gasteiger partial charge in [-0.3, -0.25) is 9.98 Å². The number of aryl methyl sites for hydroxylation is 1. The van der Waals surface area contributed by atoms with Crippen LogP contribution in [0.3, 0.4) is 0 Å². The summed E-state index contributed by atoms with van der Waals surface area (Å²) >= 11 is 6.01. The van der Waals surface area contributed by atoms with Crippen LogP contribution in [-0.4, -0.2) is 32.8 Å². The third-order valence-electron chi connectivity index (χ3n) is 4.29. The summed E-state index contributed by atoms with van der Waals surface area (Å²) in [5.74, 6) is -1.00. The van der Waals surface area contributed by atoms with Gasteiger partial charge in [-0.2, -0.15) is 4.98 Å². The fourth-order valence-electron chi connectivity index (χ4n) is 2.63. The molecule has 3 aromatic rings. The van der Waals surface area contributed by atoms with E-state index in [1.54, 1.807) is 6.92 Å². The second-order valence-corrected chi connectivity index (χ2v) is 7.48. The van der Waals surface area contributed by atoms with Gasteiger partial charge in [0.05, 0.1) is 24.1 Å². The van der Waals surface area contributed by atoms with Crippen molar-refractivity contribution in [3.05, 3.63) is 52.6 Å². The second-order valence-electron chi connectivity index (χ2n) is 7.05. The summed E-state index contributed by atoms with van der Waals surface area (Å²) in [5.41, 5.74) is 5.93. The van der Waals surface area contributed by atoms with E-state index in [0.29, 0.717) is 5.56 Å². The van der Waals surface area contributed by atoms with Crippen LogP contribution < -0.4 is 10.9 Å². The number of hydrogen-bond donors (Lipinski definition) is 3. The second kappa shape index (κ2) is 9.90. The van der Waals surface area contributed by atoms with Gasteiger partial charge < -0.3 is 15.1 Å². The summed E-state index contributed by atoms with van der Waals surface area (Å²) < 4.78 is 34.2. The lowest BCUT2D eigenvalue weighted by molar-refractivity contribution is 0.0837. The van der Waals surface area contributed by atoms with Gasteiger partial charge in [0.25, 0.3) is 0 Å². The number of aliphatic imine (C=N–C) groups is 1. The number of hydrazine groups is 1. The molecule has 0 aliphatic heterocycles. The molecule has 0 saturated heterocycles. The van der Waals surface area contributed by atoms with Crippen LogP contribution in [0.25, 0.3) is 22.5 Å². The lowest BCUT2D eigenvalue weighted by Crippen LogP contribution is -2.42. The minimum Gasteiger partial charge on any atom is -0.377 e. The molecule has 1 unspecified atom stereocenters. The van der Waals surface area contributed by atoms with Gasteiger partial charge in [0.15, 0.2) is 0 Å². The summed E-state index contributed by atoms with van der Waals surface area (Å²) in [4.78, 5) is 12.2. The van der Waals surface area contributed by atoms with Crippen LogP contribution in [0.15, 0.2) is 33.9 Å². The molecule has 0 spiro atoms. The van der Waals surface area contributed by atoms with Gasteiger partial charge in [0, 0.05) is 23.7 Å². The molecule has 1 atom stereocenters. The Balaban J connectivity index is 1.82. The molecular formula is C20H21ClF2N6O2. The van der Waals surface area contributed by atoms with E-state index in [-0.39, 0.29) is 46.0 Å². The van der Waals surface area contributed by atoms with Crippen molar-refractivity contribution in [1.82, 2.24) is 26.0 Å². The number of aromatic nitrogens is 3. The van der Waals surface area contributed by atoms with Gasteiger partial charge >= 0.3 is 0 Å². The molecule has 3 rings (SSSR count). The first-order chi connectivity index (χ1) is 14.8. The van der Waals surface area contributed by atoms with Gasteiger partial charge in [-0.15, -0.1) is 0 Å². The van der Waals surface area contributed by atoms with Gasteiger partial charge in [-0.05, 0) is 29.7 Å². The Morgan fingerprint density at radius 1 is 1.26 bits per heavy atom. The summed E-state index contributed by atoms with van der Waals surface area (Å²) in [7, 11) is 0. The summed E-state index contributed by atoms with van der Waals surface area (Å²) in [5, 5.41) is 13.5. The van der Waals surface area contributed by atoms with Crippen molar-refractivity contribution in [2.45, 2.75) is 33.5 Å². The Morgan fingerprint density at radius 2 is 2.03 bits per heavy atom. The molecule has 31 heavy (non-hydrogen) atoms. The monoisotopic (exact) mass is 450 g/mol. The van der Waals surface area contributed by atoms with Crippen LogP contribution in [0.5, 0.6) is 0 Å². The lowest BCUT2D eigenvalue weighted by atomic mass is 9.99. The topological polar surface area (TPSA) is 108 Å². The summed E-state index contributed by atoms with van der Waals surface area (Å²) in [6, 6.07) is 3.82. The minimum atomic E-state index is -0.754. The lowest BCUT2D eigenvalue weighted by Gasteiger charge is -2.15. The first kappa shape index (κ1) is 22.7. The number of hydrogen-bond acceptors (Lipinski definition) is 7. The third-order valence-corrected chi connectivity index (χ3v) is 4.51. The molecule has 1 aromatic carbocycles. The van der Waals surface area contributed by atoms with Crippen LogP contribution >= 0.6 is 11.6 Å². The number of halogens is 3. The van der Waals surface area contributed by atoms with Gasteiger partial charge in [-0.1, -0.05) is 30.6 Å². The van der Waals surface area contributed by atoms with Crippen molar-refractivity contribution in [3.63, 3.8) is 0 Å². The molecule has 0 radical (unpaired) electrons. The predicted octanol–water partition coefficient (Wildman–Crippen LogP) is 3.64. The molecule has 3 N–H and O–H groups in total. The van der Waals surface area contributed by atoms with Crippen LogP contribution in [0.2, 0.25) is 5.02 Å². The average Bonchev–Trinajstić information content (AvgIpc) is 3.13. The Morgan fingerprint density at radius 3 is 2.68 bits per heavy atom. The van der Waals surface area contributed by atoms with E-state index in [9.17, 15) is 13.9 Å². The van der Waals surface area contributed by atoms with E-state index in [0.717, 1.165) is 6.07 Å². The highest BCUT2D eigenvalue weighted by molar-refractivity contribution is 6.31. The number of aliphatic hydroxyl groups is 1. The fourth-order valence-corrected chi connectivity index (χ4v) is 2.83. The summed E-state index contributed by atoms with van der Waals surface area (Å²) in [6.45, 7) is 5.22.